The Labute approximate surface area is 163 Å². The number of carbonyl (C=O) groups excluding carboxylic acids is 1. The predicted octanol–water partition coefficient (Wildman–Crippen LogP) is 4.88. The average molecular weight is 390 g/mol. The molecule has 140 valence electrons. The molecule has 0 unspecified atom stereocenters. The number of rotatable bonds is 4. The number of fused-ring (bicyclic) bond motifs is 2. The third-order valence-corrected chi connectivity index (χ3v) is 6.07. The third-order valence-electron chi connectivity index (χ3n) is 4.96. The highest BCUT2D eigenvalue weighted by atomic mass is 32.2. The summed E-state index contributed by atoms with van der Waals surface area (Å²) >= 11 is 0. The van der Waals surface area contributed by atoms with Crippen LogP contribution in [-0.4, -0.2) is 28.1 Å². The maximum atomic E-state index is 12.0. The molecular weight excluding hydrogens is 372 g/mol. The maximum Gasteiger partial charge on any atom is 0.175 e. The molecular formula is C23H18O4S. The summed E-state index contributed by atoms with van der Waals surface area (Å²) in [5, 5.41) is 3.43. The SMILES string of the molecule is COc1ccc2cc(S(C)(=O)=O)ccc2c1-c1ccc2ccccc2c1C=O. The lowest BCUT2D eigenvalue weighted by Gasteiger charge is -2.16. The van der Waals surface area contributed by atoms with E-state index in [2.05, 4.69) is 0 Å². The van der Waals surface area contributed by atoms with Crippen molar-refractivity contribution >= 4 is 37.7 Å². The van der Waals surface area contributed by atoms with E-state index in [4.69, 9.17) is 4.74 Å². The van der Waals surface area contributed by atoms with E-state index in [1.807, 2.05) is 42.5 Å². The predicted molar refractivity (Wildman–Crippen MR) is 112 cm³/mol. The summed E-state index contributed by atoms with van der Waals surface area (Å²) in [4.78, 5) is 12.3. The molecule has 5 heteroatoms. The topological polar surface area (TPSA) is 60.4 Å². The quantitative estimate of drug-likeness (QED) is 0.466. The van der Waals surface area contributed by atoms with E-state index < -0.39 is 9.84 Å². The molecule has 4 nitrogen and oxygen atoms in total. The van der Waals surface area contributed by atoms with Gasteiger partial charge in [-0.05, 0) is 45.3 Å². The van der Waals surface area contributed by atoms with Crippen molar-refractivity contribution in [2.45, 2.75) is 4.90 Å². The van der Waals surface area contributed by atoms with Crippen molar-refractivity contribution in [3.05, 3.63) is 72.3 Å². The number of hydrogen-bond acceptors (Lipinski definition) is 4. The number of aldehydes is 1. The van der Waals surface area contributed by atoms with Gasteiger partial charge in [-0.2, -0.15) is 0 Å². The molecule has 0 aliphatic heterocycles. The summed E-state index contributed by atoms with van der Waals surface area (Å²) in [7, 11) is -1.74. The fraction of sp³-hybridized carbons (Fsp3) is 0.0870. The van der Waals surface area contributed by atoms with Crippen LogP contribution in [0.5, 0.6) is 5.75 Å². The second-order valence-electron chi connectivity index (χ2n) is 6.66. The van der Waals surface area contributed by atoms with Crippen LogP contribution in [0.25, 0.3) is 32.7 Å². The zero-order valence-corrected chi connectivity index (χ0v) is 16.3. The molecule has 28 heavy (non-hydrogen) atoms. The van der Waals surface area contributed by atoms with Gasteiger partial charge in [0.2, 0.25) is 0 Å². The minimum absolute atomic E-state index is 0.255. The second kappa shape index (κ2) is 6.77. The van der Waals surface area contributed by atoms with Crippen LogP contribution < -0.4 is 4.74 Å². The van der Waals surface area contributed by atoms with Gasteiger partial charge in [0.15, 0.2) is 16.1 Å². The van der Waals surface area contributed by atoms with Gasteiger partial charge in [-0.25, -0.2) is 8.42 Å². The van der Waals surface area contributed by atoms with Crippen LogP contribution in [0.2, 0.25) is 0 Å². The smallest absolute Gasteiger partial charge is 0.175 e. The Morgan fingerprint density at radius 1 is 0.857 bits per heavy atom. The van der Waals surface area contributed by atoms with Gasteiger partial charge in [0.25, 0.3) is 0 Å². The molecule has 4 rings (SSSR count). The Bertz CT molecular complexity index is 1340. The lowest BCUT2D eigenvalue weighted by atomic mass is 9.91. The van der Waals surface area contributed by atoms with Gasteiger partial charge in [-0.3, -0.25) is 4.79 Å². The van der Waals surface area contributed by atoms with Crippen LogP contribution in [0.15, 0.2) is 71.6 Å². The standard InChI is InChI=1S/C23H18O4S/c1-27-22-12-8-16-13-17(28(2,25)26)9-11-19(16)23(22)20-10-7-15-5-3-4-6-18(15)21(20)14-24/h3-14H,1-2H3. The van der Waals surface area contributed by atoms with Gasteiger partial charge in [0, 0.05) is 17.4 Å². The maximum absolute atomic E-state index is 12.0. The lowest BCUT2D eigenvalue weighted by Crippen LogP contribution is -1.98. The van der Waals surface area contributed by atoms with E-state index in [1.54, 1.807) is 31.4 Å². The van der Waals surface area contributed by atoms with E-state index in [9.17, 15) is 13.2 Å². The molecule has 0 atom stereocenters. The van der Waals surface area contributed by atoms with E-state index in [0.717, 1.165) is 39.0 Å². The zero-order chi connectivity index (χ0) is 19.9. The number of carbonyl (C=O) groups is 1. The van der Waals surface area contributed by atoms with Crippen molar-refractivity contribution < 1.29 is 17.9 Å². The third kappa shape index (κ3) is 2.94. The molecule has 0 bridgehead atoms. The number of hydrogen-bond donors (Lipinski definition) is 0. The molecule has 0 heterocycles. The molecule has 0 N–H and O–H groups in total. The normalized spacial score (nSPS) is 11.6. The molecule has 0 saturated heterocycles. The van der Waals surface area contributed by atoms with Gasteiger partial charge < -0.3 is 4.74 Å². The van der Waals surface area contributed by atoms with Crippen LogP contribution in [0.1, 0.15) is 10.4 Å². The molecule has 0 aliphatic rings. The fourth-order valence-corrected chi connectivity index (χ4v) is 4.26. The summed E-state index contributed by atoms with van der Waals surface area (Å²) in [5.74, 6) is 0.623. The zero-order valence-electron chi connectivity index (χ0n) is 15.5. The number of methoxy groups -OCH3 is 1. The molecule has 0 aromatic heterocycles. The van der Waals surface area contributed by atoms with Crippen molar-refractivity contribution in [1.29, 1.82) is 0 Å². The molecule has 0 saturated carbocycles. The van der Waals surface area contributed by atoms with Crippen LogP contribution in [-0.2, 0) is 9.84 Å². The number of ether oxygens (including phenoxy) is 1. The monoisotopic (exact) mass is 390 g/mol. The Morgan fingerprint density at radius 3 is 2.32 bits per heavy atom. The van der Waals surface area contributed by atoms with Crippen molar-refractivity contribution in [2.24, 2.45) is 0 Å². The molecule has 0 aliphatic carbocycles. The summed E-state index contributed by atoms with van der Waals surface area (Å²) in [6, 6.07) is 20.2. The summed E-state index contributed by atoms with van der Waals surface area (Å²) in [5.41, 5.74) is 2.10. The van der Waals surface area contributed by atoms with Gasteiger partial charge in [0.1, 0.15) is 5.75 Å². The molecule has 0 spiro atoms. The van der Waals surface area contributed by atoms with Gasteiger partial charge >= 0.3 is 0 Å². The van der Waals surface area contributed by atoms with Crippen molar-refractivity contribution in [3.8, 4) is 16.9 Å². The molecule has 0 radical (unpaired) electrons. The van der Waals surface area contributed by atoms with Crippen LogP contribution in [0, 0.1) is 0 Å². The molecule has 4 aromatic rings. The molecule has 4 aromatic carbocycles. The van der Waals surface area contributed by atoms with E-state index in [1.165, 1.54) is 6.26 Å². The Kier molecular flexibility index (Phi) is 4.40. The van der Waals surface area contributed by atoms with Gasteiger partial charge in [-0.1, -0.05) is 48.5 Å². The molecule has 0 amide bonds. The Balaban J connectivity index is 2.11. The van der Waals surface area contributed by atoms with Gasteiger partial charge in [-0.15, -0.1) is 0 Å². The van der Waals surface area contributed by atoms with E-state index in [-0.39, 0.29) is 4.90 Å². The first kappa shape index (κ1) is 18.2. The summed E-state index contributed by atoms with van der Waals surface area (Å²) in [6.07, 6.45) is 2.05. The Morgan fingerprint density at radius 2 is 1.61 bits per heavy atom. The van der Waals surface area contributed by atoms with Crippen LogP contribution in [0.3, 0.4) is 0 Å². The highest BCUT2D eigenvalue weighted by molar-refractivity contribution is 7.90. The minimum Gasteiger partial charge on any atom is -0.496 e. The number of benzene rings is 4. The summed E-state index contributed by atoms with van der Waals surface area (Å²) < 4.78 is 29.4. The average Bonchev–Trinajstić information content (AvgIpc) is 2.71. The van der Waals surface area contributed by atoms with Crippen LogP contribution >= 0.6 is 0 Å². The highest BCUT2D eigenvalue weighted by Gasteiger charge is 2.17. The first-order valence-corrected chi connectivity index (χ1v) is 10.6. The number of sulfone groups is 1. The van der Waals surface area contributed by atoms with E-state index in [0.29, 0.717) is 11.3 Å². The largest absolute Gasteiger partial charge is 0.496 e. The highest BCUT2D eigenvalue weighted by Crippen LogP contribution is 2.40. The van der Waals surface area contributed by atoms with E-state index >= 15 is 0 Å². The lowest BCUT2D eigenvalue weighted by molar-refractivity contribution is 0.112. The fourth-order valence-electron chi connectivity index (χ4n) is 3.61. The minimum atomic E-state index is -3.32. The van der Waals surface area contributed by atoms with Crippen LogP contribution in [0.4, 0.5) is 0 Å². The van der Waals surface area contributed by atoms with Gasteiger partial charge in [0.05, 0.1) is 12.0 Å². The Hall–Kier alpha value is -3.18. The first-order valence-electron chi connectivity index (χ1n) is 8.72. The second-order valence-corrected chi connectivity index (χ2v) is 8.68. The van der Waals surface area contributed by atoms with Crippen molar-refractivity contribution in [1.82, 2.24) is 0 Å². The van der Waals surface area contributed by atoms with Crippen molar-refractivity contribution in [2.75, 3.05) is 13.4 Å². The molecule has 0 fully saturated rings. The summed E-state index contributed by atoms with van der Waals surface area (Å²) in [6.45, 7) is 0. The first-order chi connectivity index (χ1) is 13.4. The van der Waals surface area contributed by atoms with Crippen molar-refractivity contribution in [3.63, 3.8) is 0 Å².